The van der Waals surface area contributed by atoms with Gasteiger partial charge in [-0.1, -0.05) is 26.2 Å². The second-order valence-corrected chi connectivity index (χ2v) is 7.40. The van der Waals surface area contributed by atoms with E-state index in [-0.39, 0.29) is 16.8 Å². The first-order valence-corrected chi connectivity index (χ1v) is 9.01. The Hall–Kier alpha value is -1.07. The third-order valence-corrected chi connectivity index (χ3v) is 4.39. The van der Waals surface area contributed by atoms with Gasteiger partial charge in [0.05, 0.1) is 4.90 Å². The van der Waals surface area contributed by atoms with Crippen molar-refractivity contribution in [2.45, 2.75) is 50.5 Å². The Labute approximate surface area is 124 Å². The molecule has 0 bridgehead atoms. The molecule has 0 aliphatic carbocycles. The topological polar surface area (TPSA) is 63.2 Å². The molecule has 0 aliphatic rings. The summed E-state index contributed by atoms with van der Waals surface area (Å²) in [6.45, 7) is 4.10. The van der Waals surface area contributed by atoms with Gasteiger partial charge in [0.25, 0.3) is 15.0 Å². The average molecular weight is 318 g/mol. The van der Waals surface area contributed by atoms with Gasteiger partial charge in [0.1, 0.15) is 0 Å². The summed E-state index contributed by atoms with van der Waals surface area (Å²) in [6.07, 6.45) is 4.33. The summed E-state index contributed by atoms with van der Waals surface area (Å²) >= 11 is 0. The van der Waals surface area contributed by atoms with Gasteiger partial charge >= 0.3 is 0 Å². The smallest absolute Gasteiger partial charge is 0.261 e. The highest BCUT2D eigenvalue weighted by atomic mass is 35.7. The standard InChI is InChI=1S/C14H20ClNO3S/c1-3-4-5-6-11(2)16-14(17)12-7-9-13(10-8-12)20(15,18)19/h7-11H,3-6H2,1-2H3,(H,16,17). The van der Waals surface area contributed by atoms with Gasteiger partial charge in [0.15, 0.2) is 0 Å². The van der Waals surface area contributed by atoms with E-state index in [0.717, 1.165) is 25.7 Å². The number of unbranched alkanes of at least 4 members (excludes halogenated alkanes) is 2. The zero-order chi connectivity index (χ0) is 15.2. The lowest BCUT2D eigenvalue weighted by Gasteiger charge is -2.13. The molecule has 0 aliphatic heterocycles. The number of rotatable bonds is 7. The molecule has 0 spiro atoms. The van der Waals surface area contributed by atoms with Crippen LogP contribution in [0.5, 0.6) is 0 Å². The summed E-state index contributed by atoms with van der Waals surface area (Å²) in [5.74, 6) is -0.201. The maximum atomic E-state index is 12.0. The van der Waals surface area contributed by atoms with Gasteiger partial charge in [0, 0.05) is 22.3 Å². The summed E-state index contributed by atoms with van der Waals surface area (Å²) in [6, 6.07) is 5.69. The van der Waals surface area contributed by atoms with E-state index in [2.05, 4.69) is 12.2 Å². The number of nitrogens with one attached hydrogen (secondary N) is 1. The third-order valence-electron chi connectivity index (χ3n) is 3.02. The highest BCUT2D eigenvalue weighted by Gasteiger charge is 2.13. The summed E-state index contributed by atoms with van der Waals surface area (Å²) in [5.41, 5.74) is 0.427. The lowest BCUT2D eigenvalue weighted by atomic mass is 10.1. The van der Waals surface area contributed by atoms with Crippen molar-refractivity contribution in [3.63, 3.8) is 0 Å². The number of hydrogen-bond acceptors (Lipinski definition) is 3. The Kier molecular flexibility index (Phi) is 6.49. The maximum absolute atomic E-state index is 12.0. The van der Waals surface area contributed by atoms with E-state index in [9.17, 15) is 13.2 Å². The highest BCUT2D eigenvalue weighted by molar-refractivity contribution is 8.13. The lowest BCUT2D eigenvalue weighted by molar-refractivity contribution is 0.0938. The monoisotopic (exact) mass is 317 g/mol. The number of carbonyl (C=O) groups is 1. The first-order valence-electron chi connectivity index (χ1n) is 6.70. The van der Waals surface area contributed by atoms with Gasteiger partial charge in [-0.25, -0.2) is 8.42 Å². The van der Waals surface area contributed by atoms with Gasteiger partial charge in [-0.3, -0.25) is 4.79 Å². The number of amides is 1. The minimum atomic E-state index is -3.74. The van der Waals surface area contributed by atoms with E-state index < -0.39 is 9.05 Å². The summed E-state index contributed by atoms with van der Waals surface area (Å²) in [4.78, 5) is 11.9. The van der Waals surface area contributed by atoms with Crippen molar-refractivity contribution in [1.29, 1.82) is 0 Å². The molecule has 1 N–H and O–H groups in total. The van der Waals surface area contributed by atoms with Gasteiger partial charge in [-0.15, -0.1) is 0 Å². The van der Waals surface area contributed by atoms with Crippen LogP contribution in [-0.4, -0.2) is 20.4 Å². The molecular weight excluding hydrogens is 298 g/mol. The zero-order valence-electron chi connectivity index (χ0n) is 11.7. The van der Waals surface area contributed by atoms with Crippen LogP contribution in [0, 0.1) is 0 Å². The Morgan fingerprint density at radius 1 is 1.25 bits per heavy atom. The van der Waals surface area contributed by atoms with Gasteiger partial charge in [0.2, 0.25) is 0 Å². The van der Waals surface area contributed by atoms with Crippen LogP contribution in [0.2, 0.25) is 0 Å². The number of halogens is 1. The van der Waals surface area contributed by atoms with Crippen LogP contribution in [0.25, 0.3) is 0 Å². The van der Waals surface area contributed by atoms with Crippen molar-refractivity contribution in [2.24, 2.45) is 0 Å². The molecule has 1 aromatic carbocycles. The molecule has 0 radical (unpaired) electrons. The molecule has 0 saturated carbocycles. The van der Waals surface area contributed by atoms with Crippen molar-refractivity contribution in [3.8, 4) is 0 Å². The second kappa shape index (κ2) is 7.64. The zero-order valence-corrected chi connectivity index (χ0v) is 13.3. The van der Waals surface area contributed by atoms with Crippen molar-refractivity contribution in [3.05, 3.63) is 29.8 Å². The largest absolute Gasteiger partial charge is 0.350 e. The summed E-state index contributed by atoms with van der Waals surface area (Å²) in [7, 11) is 1.47. The number of hydrogen-bond donors (Lipinski definition) is 1. The average Bonchev–Trinajstić information content (AvgIpc) is 2.38. The molecule has 6 heteroatoms. The molecule has 1 aromatic rings. The van der Waals surface area contributed by atoms with Crippen LogP contribution < -0.4 is 5.32 Å². The van der Waals surface area contributed by atoms with Crippen molar-refractivity contribution >= 4 is 25.6 Å². The van der Waals surface area contributed by atoms with E-state index in [1.807, 2.05) is 6.92 Å². The molecule has 0 aromatic heterocycles. The molecule has 20 heavy (non-hydrogen) atoms. The second-order valence-electron chi connectivity index (χ2n) is 4.83. The Balaban J connectivity index is 2.60. The molecule has 4 nitrogen and oxygen atoms in total. The molecule has 1 amide bonds. The fraction of sp³-hybridized carbons (Fsp3) is 0.500. The predicted molar refractivity (Wildman–Crippen MR) is 80.6 cm³/mol. The fourth-order valence-corrected chi connectivity index (χ4v) is 2.62. The molecule has 1 unspecified atom stereocenters. The lowest BCUT2D eigenvalue weighted by Crippen LogP contribution is -2.32. The summed E-state index contributed by atoms with van der Waals surface area (Å²) < 4.78 is 22.2. The van der Waals surface area contributed by atoms with Gasteiger partial charge in [-0.2, -0.15) is 0 Å². The van der Waals surface area contributed by atoms with Gasteiger partial charge < -0.3 is 5.32 Å². The van der Waals surface area contributed by atoms with E-state index in [1.165, 1.54) is 24.3 Å². The minimum Gasteiger partial charge on any atom is -0.350 e. The molecule has 112 valence electrons. The van der Waals surface area contributed by atoms with Crippen LogP contribution in [0.4, 0.5) is 0 Å². The quantitative estimate of drug-likeness (QED) is 0.620. The van der Waals surface area contributed by atoms with E-state index in [1.54, 1.807) is 0 Å². The molecule has 0 fully saturated rings. The normalized spacial score (nSPS) is 12.9. The predicted octanol–water partition coefficient (Wildman–Crippen LogP) is 3.31. The van der Waals surface area contributed by atoms with Gasteiger partial charge in [-0.05, 0) is 37.6 Å². The Morgan fingerprint density at radius 2 is 1.85 bits per heavy atom. The first kappa shape index (κ1) is 17.0. The molecule has 0 saturated heterocycles. The van der Waals surface area contributed by atoms with Crippen molar-refractivity contribution in [2.75, 3.05) is 0 Å². The molecule has 1 rings (SSSR count). The van der Waals surface area contributed by atoms with Crippen LogP contribution >= 0.6 is 10.7 Å². The SMILES string of the molecule is CCCCCC(C)NC(=O)c1ccc(S(=O)(=O)Cl)cc1. The van der Waals surface area contributed by atoms with E-state index >= 15 is 0 Å². The van der Waals surface area contributed by atoms with Crippen LogP contribution in [0.15, 0.2) is 29.2 Å². The maximum Gasteiger partial charge on any atom is 0.261 e. The van der Waals surface area contributed by atoms with E-state index in [4.69, 9.17) is 10.7 Å². The fourth-order valence-electron chi connectivity index (χ4n) is 1.85. The number of benzene rings is 1. The van der Waals surface area contributed by atoms with E-state index in [0.29, 0.717) is 5.56 Å². The number of carbonyl (C=O) groups excluding carboxylic acids is 1. The molecule has 1 atom stereocenters. The third kappa shape index (κ3) is 5.51. The van der Waals surface area contributed by atoms with Crippen LogP contribution in [0.1, 0.15) is 49.9 Å². The Bertz CT molecular complexity index is 540. The molecule has 0 heterocycles. The van der Waals surface area contributed by atoms with Crippen LogP contribution in [-0.2, 0) is 9.05 Å². The van der Waals surface area contributed by atoms with Crippen molar-refractivity contribution in [1.82, 2.24) is 5.32 Å². The van der Waals surface area contributed by atoms with Crippen LogP contribution in [0.3, 0.4) is 0 Å². The minimum absolute atomic E-state index is 0.00768. The highest BCUT2D eigenvalue weighted by Crippen LogP contribution is 2.15. The van der Waals surface area contributed by atoms with Crippen molar-refractivity contribution < 1.29 is 13.2 Å². The first-order chi connectivity index (χ1) is 9.34. The summed E-state index contributed by atoms with van der Waals surface area (Å²) in [5, 5.41) is 2.89. The molecular formula is C14H20ClNO3S. The Morgan fingerprint density at radius 3 is 2.35 bits per heavy atom.